The third kappa shape index (κ3) is 8.03. The van der Waals surface area contributed by atoms with Crippen molar-refractivity contribution in [1.29, 1.82) is 0 Å². The van der Waals surface area contributed by atoms with Gasteiger partial charge in [-0.2, -0.15) is 0 Å². The lowest BCUT2D eigenvalue weighted by molar-refractivity contribution is -0.134. The number of amides is 1. The van der Waals surface area contributed by atoms with Crippen LogP contribution >= 0.6 is 15.9 Å². The zero-order valence-electron chi connectivity index (χ0n) is 17.7. The molecule has 0 spiro atoms. The molecule has 1 amide bonds. The van der Waals surface area contributed by atoms with Crippen molar-refractivity contribution in [3.05, 3.63) is 64.3 Å². The average molecular weight is 474 g/mol. The molecule has 0 saturated heterocycles. The summed E-state index contributed by atoms with van der Waals surface area (Å²) >= 11 is 3.43. The molecule has 0 radical (unpaired) electrons. The first-order chi connectivity index (χ1) is 14.0. The lowest BCUT2D eigenvalue weighted by Gasteiger charge is -2.22. The minimum Gasteiger partial charge on any atom is -0.477 e. The van der Waals surface area contributed by atoms with Gasteiger partial charge in [0.15, 0.2) is 0 Å². The first-order valence-electron chi connectivity index (χ1n) is 9.81. The van der Waals surface area contributed by atoms with E-state index in [9.17, 15) is 14.7 Å². The topological polar surface area (TPSA) is 75.6 Å². The van der Waals surface area contributed by atoms with E-state index in [4.69, 9.17) is 4.74 Å². The van der Waals surface area contributed by atoms with Crippen LogP contribution in [0.25, 0.3) is 6.08 Å². The van der Waals surface area contributed by atoms with Crippen molar-refractivity contribution in [2.24, 2.45) is 11.3 Å². The molecule has 1 atom stereocenters. The van der Waals surface area contributed by atoms with Crippen molar-refractivity contribution < 1.29 is 19.4 Å². The number of aliphatic carboxylic acids is 1. The monoisotopic (exact) mass is 473 g/mol. The van der Waals surface area contributed by atoms with Crippen LogP contribution in [0.1, 0.15) is 46.1 Å². The van der Waals surface area contributed by atoms with Gasteiger partial charge in [-0.1, -0.05) is 52.0 Å². The Morgan fingerprint density at radius 1 is 1.13 bits per heavy atom. The predicted molar refractivity (Wildman–Crippen MR) is 122 cm³/mol. The zero-order chi connectivity index (χ0) is 22.3. The van der Waals surface area contributed by atoms with E-state index >= 15 is 0 Å². The number of halogens is 1. The van der Waals surface area contributed by atoms with Gasteiger partial charge >= 0.3 is 5.97 Å². The second-order valence-electron chi connectivity index (χ2n) is 8.59. The van der Waals surface area contributed by atoms with Crippen LogP contribution in [0.15, 0.2) is 58.7 Å². The number of carbonyl (C=O) groups is 2. The molecule has 2 rings (SSSR count). The molecule has 0 fully saturated rings. The summed E-state index contributed by atoms with van der Waals surface area (Å²) in [5, 5.41) is 12.0. The summed E-state index contributed by atoms with van der Waals surface area (Å²) in [6, 6.07) is 14.5. The van der Waals surface area contributed by atoms with Gasteiger partial charge in [0.05, 0.1) is 4.47 Å². The number of carboxylic acids is 1. The molecule has 0 aliphatic carbocycles. The Labute approximate surface area is 186 Å². The van der Waals surface area contributed by atoms with Crippen LogP contribution in [0.4, 0.5) is 0 Å². The highest BCUT2D eigenvalue weighted by atomic mass is 79.9. The van der Waals surface area contributed by atoms with Gasteiger partial charge in [0, 0.05) is 6.42 Å². The molecule has 2 aromatic carbocycles. The highest BCUT2D eigenvalue weighted by Gasteiger charge is 2.19. The van der Waals surface area contributed by atoms with E-state index in [1.807, 2.05) is 31.2 Å². The predicted octanol–water partition coefficient (Wildman–Crippen LogP) is 6.25. The number of rotatable bonds is 8. The Morgan fingerprint density at radius 3 is 2.33 bits per heavy atom. The molecule has 0 aromatic heterocycles. The van der Waals surface area contributed by atoms with Crippen LogP contribution in [0.2, 0.25) is 0 Å². The molecule has 160 valence electrons. The average Bonchev–Trinajstić information content (AvgIpc) is 2.62. The van der Waals surface area contributed by atoms with E-state index in [2.05, 4.69) is 42.0 Å². The third-order valence-corrected chi connectivity index (χ3v) is 4.91. The fourth-order valence-corrected chi connectivity index (χ4v) is 3.61. The first kappa shape index (κ1) is 23.7. The van der Waals surface area contributed by atoms with Gasteiger partial charge in [0.25, 0.3) is 0 Å². The number of carbonyl (C=O) groups excluding carboxylic acids is 1. The van der Waals surface area contributed by atoms with E-state index in [1.54, 1.807) is 24.3 Å². The van der Waals surface area contributed by atoms with E-state index in [0.29, 0.717) is 17.1 Å². The lowest BCUT2D eigenvalue weighted by Crippen LogP contribution is -2.29. The number of hydrogen-bond donors (Lipinski definition) is 2. The second-order valence-corrected chi connectivity index (χ2v) is 9.44. The van der Waals surface area contributed by atoms with Crippen LogP contribution in [0.5, 0.6) is 11.5 Å². The Morgan fingerprint density at radius 2 is 1.77 bits per heavy atom. The molecule has 0 saturated carbocycles. The summed E-state index contributed by atoms with van der Waals surface area (Å²) in [6.45, 7) is 8.36. The lowest BCUT2D eigenvalue weighted by atomic mass is 9.84. The van der Waals surface area contributed by atoms with Gasteiger partial charge in [0.1, 0.15) is 17.2 Å². The molecule has 0 heterocycles. The van der Waals surface area contributed by atoms with Gasteiger partial charge in [-0.15, -0.1) is 0 Å². The number of nitrogens with one attached hydrogen (secondary N) is 1. The Bertz CT molecular complexity index is 914. The highest BCUT2D eigenvalue weighted by molar-refractivity contribution is 9.10. The van der Waals surface area contributed by atoms with E-state index in [1.165, 1.54) is 6.08 Å². The molecule has 30 heavy (non-hydrogen) atoms. The third-order valence-electron chi connectivity index (χ3n) is 4.25. The van der Waals surface area contributed by atoms with Crippen molar-refractivity contribution in [3.8, 4) is 11.5 Å². The maximum Gasteiger partial charge on any atom is 0.352 e. The van der Waals surface area contributed by atoms with Crippen molar-refractivity contribution in [2.45, 2.75) is 40.5 Å². The molecular formula is C24H28BrNO4. The summed E-state index contributed by atoms with van der Waals surface area (Å²) in [5.41, 5.74) is 0.613. The summed E-state index contributed by atoms with van der Waals surface area (Å²) in [4.78, 5) is 23.9. The van der Waals surface area contributed by atoms with Crippen LogP contribution in [0.3, 0.4) is 0 Å². The number of ether oxygens (including phenoxy) is 1. The molecule has 2 N–H and O–H groups in total. The molecule has 5 nitrogen and oxygen atoms in total. The van der Waals surface area contributed by atoms with Crippen LogP contribution < -0.4 is 10.1 Å². The normalized spacial score (nSPS) is 12.9. The fraction of sp³-hybridized carbons (Fsp3) is 0.333. The molecule has 6 heteroatoms. The molecule has 0 aliphatic heterocycles. The van der Waals surface area contributed by atoms with Gasteiger partial charge in [-0.3, -0.25) is 4.79 Å². The van der Waals surface area contributed by atoms with Crippen molar-refractivity contribution in [1.82, 2.24) is 5.32 Å². The van der Waals surface area contributed by atoms with Crippen molar-refractivity contribution in [3.63, 3.8) is 0 Å². The largest absolute Gasteiger partial charge is 0.477 e. The zero-order valence-corrected chi connectivity index (χ0v) is 19.3. The molecule has 0 aliphatic rings. The van der Waals surface area contributed by atoms with Crippen LogP contribution in [0, 0.1) is 11.3 Å². The number of carboxylic acid groups (broad SMARTS) is 1. The van der Waals surface area contributed by atoms with Gasteiger partial charge in [0.2, 0.25) is 5.91 Å². The molecule has 1 unspecified atom stereocenters. The molecule has 0 bridgehead atoms. The minimum atomic E-state index is -1.18. The van der Waals surface area contributed by atoms with E-state index in [0.717, 1.165) is 10.9 Å². The highest BCUT2D eigenvalue weighted by Crippen LogP contribution is 2.29. The SMILES string of the molecule is CC(CC(=O)NC(=Cc1ccc(Oc2ccccc2Br)cc1)C(=O)O)CC(C)(C)C. The second kappa shape index (κ2) is 10.4. The fourth-order valence-electron chi connectivity index (χ4n) is 3.24. The van der Waals surface area contributed by atoms with Crippen molar-refractivity contribution >= 4 is 33.9 Å². The maximum absolute atomic E-state index is 12.3. The maximum atomic E-state index is 12.3. The Kier molecular flexibility index (Phi) is 8.24. The summed E-state index contributed by atoms with van der Waals surface area (Å²) in [6.07, 6.45) is 2.60. The summed E-state index contributed by atoms with van der Waals surface area (Å²) in [5.74, 6) is -0.0111. The van der Waals surface area contributed by atoms with Gasteiger partial charge in [-0.25, -0.2) is 4.79 Å². The Balaban J connectivity index is 2.05. The number of hydrogen-bond acceptors (Lipinski definition) is 3. The summed E-state index contributed by atoms with van der Waals surface area (Å²) in [7, 11) is 0. The van der Waals surface area contributed by atoms with Crippen molar-refractivity contribution in [2.75, 3.05) is 0 Å². The van der Waals surface area contributed by atoms with Gasteiger partial charge < -0.3 is 15.2 Å². The number of benzene rings is 2. The smallest absolute Gasteiger partial charge is 0.352 e. The first-order valence-corrected chi connectivity index (χ1v) is 10.6. The van der Waals surface area contributed by atoms with Crippen LogP contribution in [-0.4, -0.2) is 17.0 Å². The van der Waals surface area contributed by atoms with Gasteiger partial charge in [-0.05, 0) is 69.6 Å². The van der Waals surface area contributed by atoms with E-state index < -0.39 is 5.97 Å². The Hall–Kier alpha value is -2.60. The standard InChI is InChI=1S/C24H28BrNO4/c1-16(15-24(2,3)4)13-22(27)26-20(23(28)29)14-17-9-11-18(12-10-17)30-21-8-6-5-7-19(21)25/h5-12,14,16H,13,15H2,1-4H3,(H,26,27)(H,28,29). The quantitative estimate of drug-likeness (QED) is 0.444. The molecule has 2 aromatic rings. The van der Waals surface area contributed by atoms with Crippen LogP contribution in [-0.2, 0) is 9.59 Å². The van der Waals surface area contributed by atoms with E-state index in [-0.39, 0.29) is 29.4 Å². The number of para-hydroxylation sites is 1. The minimum absolute atomic E-state index is 0.115. The summed E-state index contributed by atoms with van der Waals surface area (Å²) < 4.78 is 6.65. The molecular weight excluding hydrogens is 446 g/mol.